The molecule has 19 heavy (non-hydrogen) atoms. The summed E-state index contributed by atoms with van der Waals surface area (Å²) >= 11 is 0. The molecule has 2 rings (SSSR count). The summed E-state index contributed by atoms with van der Waals surface area (Å²) in [6, 6.07) is 6.75. The number of ether oxygens (including phenoxy) is 2. The van der Waals surface area contributed by atoms with E-state index in [4.69, 9.17) is 19.1 Å². The van der Waals surface area contributed by atoms with Crippen molar-refractivity contribution >= 4 is 5.97 Å². The molecule has 6 nitrogen and oxygen atoms in total. The van der Waals surface area contributed by atoms with Gasteiger partial charge in [-0.05, 0) is 6.07 Å². The molecule has 1 N–H and O–H groups in total. The van der Waals surface area contributed by atoms with E-state index in [0.29, 0.717) is 23.7 Å². The van der Waals surface area contributed by atoms with Gasteiger partial charge in [-0.25, -0.2) is 4.79 Å². The number of carboxylic acid groups (broad SMARTS) is 1. The van der Waals surface area contributed by atoms with Gasteiger partial charge in [-0.3, -0.25) is 0 Å². The number of rotatable bonds is 5. The Morgan fingerprint density at radius 1 is 1.42 bits per heavy atom. The summed E-state index contributed by atoms with van der Waals surface area (Å²) in [4.78, 5) is 10.8. The average molecular weight is 263 g/mol. The second-order valence-corrected chi connectivity index (χ2v) is 3.80. The highest BCUT2D eigenvalue weighted by atomic mass is 16.5. The maximum Gasteiger partial charge on any atom is 0.358 e. The van der Waals surface area contributed by atoms with Crippen molar-refractivity contribution in [3.8, 4) is 17.1 Å². The zero-order valence-electron chi connectivity index (χ0n) is 10.5. The number of hydrogen-bond acceptors (Lipinski definition) is 5. The standard InChI is InChI=1S/C13H13NO5/c1-17-7-9-8(4-3-5-11(9)18-2)12-6-10(13(15)16)14-19-12/h3-6H,7H2,1-2H3,(H,15,16). The fraction of sp³-hybridized carbons (Fsp3) is 0.231. The normalized spacial score (nSPS) is 10.4. The molecular weight excluding hydrogens is 250 g/mol. The Hall–Kier alpha value is -2.34. The van der Waals surface area contributed by atoms with E-state index in [0.717, 1.165) is 5.56 Å². The van der Waals surface area contributed by atoms with Gasteiger partial charge in [0.1, 0.15) is 5.75 Å². The number of benzene rings is 1. The number of aromatic carboxylic acids is 1. The van der Waals surface area contributed by atoms with E-state index in [1.807, 2.05) is 0 Å². The summed E-state index contributed by atoms with van der Waals surface area (Å²) in [6.45, 7) is 0.322. The van der Waals surface area contributed by atoms with Crippen LogP contribution in [0.25, 0.3) is 11.3 Å². The van der Waals surface area contributed by atoms with Crippen LogP contribution in [0, 0.1) is 0 Å². The molecule has 0 spiro atoms. The highest BCUT2D eigenvalue weighted by Gasteiger charge is 2.17. The molecule has 6 heteroatoms. The van der Waals surface area contributed by atoms with Crippen LogP contribution in [0.4, 0.5) is 0 Å². The molecule has 0 atom stereocenters. The first-order valence-corrected chi connectivity index (χ1v) is 5.52. The van der Waals surface area contributed by atoms with Crippen molar-refractivity contribution < 1.29 is 23.9 Å². The summed E-state index contributed by atoms with van der Waals surface area (Å²) in [7, 11) is 3.13. The molecule has 1 aromatic heterocycles. The van der Waals surface area contributed by atoms with Crippen LogP contribution in [-0.4, -0.2) is 30.5 Å². The van der Waals surface area contributed by atoms with Gasteiger partial charge in [-0.2, -0.15) is 0 Å². The number of methoxy groups -OCH3 is 2. The van der Waals surface area contributed by atoms with Crippen molar-refractivity contribution in [2.24, 2.45) is 0 Å². The molecule has 1 heterocycles. The summed E-state index contributed by atoms with van der Waals surface area (Å²) < 4.78 is 15.4. The number of nitrogens with zero attached hydrogens (tertiary/aromatic N) is 1. The molecule has 0 bridgehead atoms. The first-order chi connectivity index (χ1) is 9.17. The Bertz CT molecular complexity index is 590. The van der Waals surface area contributed by atoms with Gasteiger partial charge in [-0.1, -0.05) is 17.3 Å². The largest absolute Gasteiger partial charge is 0.496 e. The van der Waals surface area contributed by atoms with Crippen molar-refractivity contribution in [3.05, 3.63) is 35.5 Å². The SMILES string of the molecule is COCc1c(OC)cccc1-c1cc(C(=O)O)no1. The van der Waals surface area contributed by atoms with Crippen molar-refractivity contribution in [2.45, 2.75) is 6.61 Å². The maximum atomic E-state index is 10.8. The minimum Gasteiger partial charge on any atom is -0.496 e. The van der Waals surface area contributed by atoms with E-state index in [9.17, 15) is 4.79 Å². The number of aromatic nitrogens is 1. The first-order valence-electron chi connectivity index (χ1n) is 5.52. The summed E-state index contributed by atoms with van der Waals surface area (Å²) in [5, 5.41) is 12.3. The van der Waals surface area contributed by atoms with Gasteiger partial charge in [0.15, 0.2) is 11.5 Å². The molecule has 0 radical (unpaired) electrons. The van der Waals surface area contributed by atoms with Gasteiger partial charge < -0.3 is 19.1 Å². The maximum absolute atomic E-state index is 10.8. The molecule has 0 aliphatic rings. The van der Waals surface area contributed by atoms with Crippen molar-refractivity contribution in [2.75, 3.05) is 14.2 Å². The Balaban J connectivity index is 2.50. The van der Waals surface area contributed by atoms with Crippen LogP contribution in [0.2, 0.25) is 0 Å². The second kappa shape index (κ2) is 5.53. The third-order valence-corrected chi connectivity index (χ3v) is 2.64. The van der Waals surface area contributed by atoms with Crippen molar-refractivity contribution in [1.82, 2.24) is 5.16 Å². The number of hydrogen-bond donors (Lipinski definition) is 1. The molecule has 0 saturated heterocycles. The van der Waals surface area contributed by atoms with E-state index in [1.165, 1.54) is 6.07 Å². The lowest BCUT2D eigenvalue weighted by Gasteiger charge is -2.11. The van der Waals surface area contributed by atoms with Crippen LogP contribution in [0.15, 0.2) is 28.8 Å². The number of carbonyl (C=O) groups is 1. The van der Waals surface area contributed by atoms with Crippen LogP contribution in [0.3, 0.4) is 0 Å². The molecule has 100 valence electrons. The zero-order valence-corrected chi connectivity index (χ0v) is 10.5. The van der Waals surface area contributed by atoms with Crippen LogP contribution in [0.5, 0.6) is 5.75 Å². The van der Waals surface area contributed by atoms with Crippen LogP contribution in [-0.2, 0) is 11.3 Å². The Morgan fingerprint density at radius 2 is 2.21 bits per heavy atom. The monoisotopic (exact) mass is 263 g/mol. The zero-order chi connectivity index (χ0) is 13.8. The van der Waals surface area contributed by atoms with E-state index in [1.54, 1.807) is 32.4 Å². The Kier molecular flexibility index (Phi) is 3.82. The molecular formula is C13H13NO5. The molecule has 0 aliphatic heterocycles. The summed E-state index contributed by atoms with van der Waals surface area (Å²) in [5.74, 6) is -0.123. The van der Waals surface area contributed by atoms with E-state index >= 15 is 0 Å². The van der Waals surface area contributed by atoms with Crippen LogP contribution < -0.4 is 4.74 Å². The number of carboxylic acids is 1. The lowest BCUT2D eigenvalue weighted by Crippen LogP contribution is -1.97. The molecule has 0 saturated carbocycles. The predicted molar refractivity (Wildman–Crippen MR) is 66.2 cm³/mol. The highest BCUT2D eigenvalue weighted by Crippen LogP contribution is 2.31. The molecule has 0 aliphatic carbocycles. The molecule has 0 fully saturated rings. The Labute approximate surface area is 109 Å². The van der Waals surface area contributed by atoms with Crippen LogP contribution >= 0.6 is 0 Å². The fourth-order valence-electron chi connectivity index (χ4n) is 1.78. The van der Waals surface area contributed by atoms with Crippen LogP contribution in [0.1, 0.15) is 16.1 Å². The topological polar surface area (TPSA) is 81.8 Å². The first kappa shape index (κ1) is 13.1. The Morgan fingerprint density at radius 3 is 2.79 bits per heavy atom. The third-order valence-electron chi connectivity index (χ3n) is 2.64. The smallest absolute Gasteiger partial charge is 0.358 e. The van der Waals surface area contributed by atoms with Gasteiger partial charge in [0.05, 0.1) is 13.7 Å². The summed E-state index contributed by atoms with van der Waals surface area (Å²) in [5.41, 5.74) is 1.34. The predicted octanol–water partition coefficient (Wildman–Crippen LogP) is 2.19. The van der Waals surface area contributed by atoms with Gasteiger partial charge >= 0.3 is 5.97 Å². The van der Waals surface area contributed by atoms with E-state index < -0.39 is 5.97 Å². The van der Waals surface area contributed by atoms with Gasteiger partial charge in [0.25, 0.3) is 0 Å². The third kappa shape index (κ3) is 2.58. The lowest BCUT2D eigenvalue weighted by molar-refractivity contribution is 0.0686. The minimum atomic E-state index is -1.13. The molecule has 0 unspecified atom stereocenters. The molecule has 2 aromatic rings. The van der Waals surface area contributed by atoms with Crippen molar-refractivity contribution in [1.29, 1.82) is 0 Å². The quantitative estimate of drug-likeness (QED) is 0.890. The van der Waals surface area contributed by atoms with Crippen molar-refractivity contribution in [3.63, 3.8) is 0 Å². The second-order valence-electron chi connectivity index (χ2n) is 3.80. The fourth-order valence-corrected chi connectivity index (χ4v) is 1.78. The molecule has 1 aromatic carbocycles. The van der Waals surface area contributed by atoms with Gasteiger partial charge in [0, 0.05) is 24.3 Å². The summed E-state index contributed by atoms with van der Waals surface area (Å²) in [6.07, 6.45) is 0. The van der Waals surface area contributed by atoms with E-state index in [2.05, 4.69) is 5.16 Å². The molecule has 0 amide bonds. The highest BCUT2D eigenvalue weighted by molar-refractivity contribution is 5.86. The van der Waals surface area contributed by atoms with E-state index in [-0.39, 0.29) is 5.69 Å². The average Bonchev–Trinajstić information content (AvgIpc) is 2.89. The van der Waals surface area contributed by atoms with Gasteiger partial charge in [-0.15, -0.1) is 0 Å². The minimum absolute atomic E-state index is 0.138. The van der Waals surface area contributed by atoms with Gasteiger partial charge in [0.2, 0.25) is 0 Å². The lowest BCUT2D eigenvalue weighted by atomic mass is 10.0.